The van der Waals surface area contributed by atoms with Gasteiger partial charge in [0.25, 0.3) is 0 Å². The molecular formula is C29H40N4O5S3. The van der Waals surface area contributed by atoms with Gasteiger partial charge in [-0.1, -0.05) is 56.5 Å². The van der Waals surface area contributed by atoms with E-state index in [1.165, 1.54) is 60.2 Å². The maximum atomic E-state index is 13.2. The maximum absolute atomic E-state index is 13.2. The number of thiazole rings is 1. The van der Waals surface area contributed by atoms with Gasteiger partial charge in [0.15, 0.2) is 5.12 Å². The number of allylic oxidation sites excluding steroid dienone is 1. The van der Waals surface area contributed by atoms with Crippen molar-refractivity contribution in [3.63, 3.8) is 0 Å². The Morgan fingerprint density at radius 3 is 2.85 bits per heavy atom. The fourth-order valence-corrected chi connectivity index (χ4v) is 6.87. The van der Waals surface area contributed by atoms with E-state index >= 15 is 0 Å². The lowest BCUT2D eigenvalue weighted by Gasteiger charge is -2.24. The molecule has 1 aromatic rings. The molecule has 9 nitrogen and oxygen atoms in total. The molecule has 4 bridgehead atoms. The smallest absolute Gasteiger partial charge is 0.329 e. The van der Waals surface area contributed by atoms with Gasteiger partial charge in [-0.3, -0.25) is 19.4 Å². The molecule has 224 valence electrons. The van der Waals surface area contributed by atoms with Gasteiger partial charge in [0.2, 0.25) is 11.8 Å². The van der Waals surface area contributed by atoms with Gasteiger partial charge in [0.05, 0.1) is 13.0 Å². The van der Waals surface area contributed by atoms with Crippen LogP contribution in [0.5, 0.6) is 0 Å². The minimum absolute atomic E-state index is 0.0840. The molecule has 0 aliphatic carbocycles. The molecule has 0 radical (unpaired) electrons. The van der Waals surface area contributed by atoms with Gasteiger partial charge in [-0.15, -0.1) is 29.7 Å². The molecule has 0 spiro atoms. The summed E-state index contributed by atoms with van der Waals surface area (Å²) in [6, 6.07) is -0.968. The number of rotatable bonds is 12. The number of carbonyl (C=O) groups is 4. The second-order valence-electron chi connectivity index (χ2n) is 10.2. The zero-order valence-corrected chi connectivity index (χ0v) is 26.3. The van der Waals surface area contributed by atoms with Gasteiger partial charge in [-0.05, 0) is 32.3 Å². The number of aromatic nitrogens is 1. The lowest BCUT2D eigenvalue weighted by molar-refractivity contribution is -0.152. The first-order chi connectivity index (χ1) is 19.7. The van der Waals surface area contributed by atoms with Gasteiger partial charge in [-0.25, -0.2) is 9.78 Å². The average molecular weight is 621 g/mol. The second-order valence-corrected chi connectivity index (χ2v) is 13.3. The lowest BCUT2D eigenvalue weighted by Crippen LogP contribution is -2.51. The Bertz CT molecular complexity index is 1150. The number of aliphatic imine (C=N–C) groups is 1. The van der Waals surface area contributed by atoms with Crippen LogP contribution in [0.4, 0.5) is 0 Å². The largest absolute Gasteiger partial charge is 0.456 e. The Hall–Kier alpha value is -2.44. The zero-order valence-electron chi connectivity index (χ0n) is 23.8. The summed E-state index contributed by atoms with van der Waals surface area (Å²) in [6.07, 6.45) is 11.0. The van der Waals surface area contributed by atoms with Gasteiger partial charge in [0, 0.05) is 23.3 Å². The highest BCUT2D eigenvalue weighted by Crippen LogP contribution is 2.32. The Labute approximate surface area is 254 Å². The molecule has 3 atom stereocenters. The minimum Gasteiger partial charge on any atom is -0.456 e. The van der Waals surface area contributed by atoms with Crippen LogP contribution in [0.2, 0.25) is 0 Å². The monoisotopic (exact) mass is 620 g/mol. The van der Waals surface area contributed by atoms with Gasteiger partial charge >= 0.3 is 5.97 Å². The molecular weight excluding hydrogens is 581 g/mol. The van der Waals surface area contributed by atoms with Crippen molar-refractivity contribution >= 4 is 62.8 Å². The predicted molar refractivity (Wildman–Crippen MR) is 167 cm³/mol. The van der Waals surface area contributed by atoms with Crippen molar-refractivity contribution < 1.29 is 23.9 Å². The molecule has 12 heteroatoms. The van der Waals surface area contributed by atoms with E-state index in [0.717, 1.165) is 12.8 Å². The Kier molecular flexibility index (Phi) is 13.6. The summed E-state index contributed by atoms with van der Waals surface area (Å²) in [6.45, 7) is 7.84. The number of hydrogen-bond acceptors (Lipinski definition) is 10. The van der Waals surface area contributed by atoms with Crippen molar-refractivity contribution in [2.75, 3.05) is 11.5 Å². The fourth-order valence-electron chi connectivity index (χ4n) is 4.17. The standard InChI is InChI=1S/C29H40N4O5S3/c1-4-6-7-8-9-14-25(35)39-15-11-10-13-20-16-23(34)30-17-24-31-22(18-40-24)26-33-29(3,19-41-26)28(37)32-21(12-5-2)27(36)38-20/h5,10,13,18,20-21H,2,4,6-9,11-12,14-17,19H2,1,3H3,(H,30,34)(H,32,37)/b13-10+/t20-,21+,29+/m1/s1. The number of ether oxygens (including phenoxy) is 1. The predicted octanol–water partition coefficient (Wildman–Crippen LogP) is 4.95. The molecule has 0 fully saturated rings. The van der Waals surface area contributed by atoms with Crippen LogP contribution in [0.25, 0.3) is 0 Å². The van der Waals surface area contributed by atoms with Crippen molar-refractivity contribution in [1.82, 2.24) is 15.6 Å². The summed E-state index contributed by atoms with van der Waals surface area (Å²) in [7, 11) is 0. The van der Waals surface area contributed by atoms with Gasteiger partial charge in [0.1, 0.15) is 33.4 Å². The topological polar surface area (TPSA) is 127 Å². The third kappa shape index (κ3) is 10.7. The number of hydrogen-bond donors (Lipinski definition) is 2. The molecule has 0 aromatic carbocycles. The third-order valence-corrected chi connectivity index (χ3v) is 9.66. The Morgan fingerprint density at radius 1 is 1.27 bits per heavy atom. The molecule has 0 saturated carbocycles. The van der Waals surface area contributed by atoms with E-state index in [-0.39, 0.29) is 36.3 Å². The van der Waals surface area contributed by atoms with Crippen molar-refractivity contribution in [3.8, 4) is 0 Å². The number of fused-ring (bicyclic) bond motifs is 4. The molecule has 0 saturated heterocycles. The maximum Gasteiger partial charge on any atom is 0.329 e. The van der Waals surface area contributed by atoms with Crippen LogP contribution < -0.4 is 10.6 Å². The number of unbranched alkanes of at least 4 members (excludes halogenated alkanes) is 4. The van der Waals surface area contributed by atoms with Crippen LogP contribution >= 0.6 is 34.9 Å². The van der Waals surface area contributed by atoms with Crippen LogP contribution in [-0.2, 0) is 30.5 Å². The van der Waals surface area contributed by atoms with Crippen molar-refractivity contribution in [3.05, 3.63) is 40.9 Å². The van der Waals surface area contributed by atoms with E-state index in [1.54, 1.807) is 13.0 Å². The van der Waals surface area contributed by atoms with E-state index in [1.807, 2.05) is 11.5 Å². The van der Waals surface area contributed by atoms with E-state index in [0.29, 0.717) is 40.1 Å². The lowest BCUT2D eigenvalue weighted by atomic mass is 10.0. The highest BCUT2D eigenvalue weighted by molar-refractivity contribution is 8.14. The van der Waals surface area contributed by atoms with E-state index in [4.69, 9.17) is 4.74 Å². The van der Waals surface area contributed by atoms with E-state index in [9.17, 15) is 19.2 Å². The van der Waals surface area contributed by atoms with Crippen molar-refractivity contribution in [1.29, 1.82) is 0 Å². The number of thioether (sulfide) groups is 2. The van der Waals surface area contributed by atoms with Crippen LogP contribution in [0.15, 0.2) is 35.2 Å². The third-order valence-electron chi connectivity index (χ3n) is 6.56. The molecule has 1 aromatic heterocycles. The first-order valence-electron chi connectivity index (χ1n) is 14.1. The van der Waals surface area contributed by atoms with Crippen LogP contribution in [0.1, 0.15) is 82.3 Å². The number of esters is 1. The summed E-state index contributed by atoms with van der Waals surface area (Å²) in [5.74, 6) is -0.311. The first-order valence-corrected chi connectivity index (χ1v) is 17.0. The SMILES string of the molecule is C=CC[C@@H]1NC(=O)[C@]2(C)CSC(=N2)c2csc(n2)CNC(=O)C[C@@H](/C=C/CCSC(=O)CCCCCCC)OC1=O. The van der Waals surface area contributed by atoms with Crippen molar-refractivity contribution in [2.45, 2.75) is 95.9 Å². The molecule has 2 aliphatic heterocycles. The van der Waals surface area contributed by atoms with E-state index < -0.39 is 23.7 Å². The second kappa shape index (κ2) is 16.9. The molecule has 2 amide bonds. The number of cyclic esters (lactones) is 1. The quantitative estimate of drug-likeness (QED) is 0.191. The van der Waals surface area contributed by atoms with Gasteiger partial charge in [-0.2, -0.15) is 0 Å². The van der Waals surface area contributed by atoms with Crippen LogP contribution in [-0.4, -0.2) is 62.1 Å². The summed E-state index contributed by atoms with van der Waals surface area (Å²) >= 11 is 4.15. The van der Waals surface area contributed by atoms with Crippen LogP contribution in [0, 0.1) is 0 Å². The normalized spacial score (nSPS) is 23.6. The van der Waals surface area contributed by atoms with Crippen molar-refractivity contribution in [2.24, 2.45) is 4.99 Å². The number of nitrogens with zero attached hydrogens (tertiary/aromatic N) is 2. The highest BCUT2D eigenvalue weighted by Gasteiger charge is 2.41. The number of amides is 2. The summed E-state index contributed by atoms with van der Waals surface area (Å²) in [5, 5.41) is 9.04. The Morgan fingerprint density at radius 2 is 2.07 bits per heavy atom. The van der Waals surface area contributed by atoms with Crippen LogP contribution in [0.3, 0.4) is 0 Å². The highest BCUT2D eigenvalue weighted by atomic mass is 32.2. The summed E-state index contributed by atoms with van der Waals surface area (Å²) < 4.78 is 5.71. The number of carbonyl (C=O) groups excluding carboxylic acids is 4. The summed E-state index contributed by atoms with van der Waals surface area (Å²) in [4.78, 5) is 60.5. The minimum atomic E-state index is -1.06. The number of nitrogens with one attached hydrogen (secondary N) is 2. The van der Waals surface area contributed by atoms with Gasteiger partial charge < -0.3 is 15.4 Å². The molecule has 41 heavy (non-hydrogen) atoms. The molecule has 0 unspecified atom stereocenters. The fraction of sp³-hybridized carbons (Fsp3) is 0.586. The van der Waals surface area contributed by atoms with E-state index in [2.05, 4.69) is 34.1 Å². The molecule has 3 heterocycles. The first kappa shape index (κ1) is 33.1. The average Bonchev–Trinajstić information content (AvgIpc) is 3.58. The summed E-state index contributed by atoms with van der Waals surface area (Å²) in [5.41, 5.74) is -0.387. The molecule has 3 rings (SSSR count). The molecule has 2 N–H and O–H groups in total. The Balaban J connectivity index is 1.65. The molecule has 2 aliphatic rings. The zero-order chi connectivity index (χ0) is 29.7.